The number of hydrogen-bond donors (Lipinski definition) is 0. The van der Waals surface area contributed by atoms with Crippen LogP contribution in [0.25, 0.3) is 0 Å². The lowest BCUT2D eigenvalue weighted by Gasteiger charge is -2.15. The van der Waals surface area contributed by atoms with E-state index in [-0.39, 0.29) is 11.5 Å². The van der Waals surface area contributed by atoms with Gasteiger partial charge in [0.1, 0.15) is 0 Å². The van der Waals surface area contributed by atoms with Crippen LogP contribution >= 0.6 is 0 Å². The van der Waals surface area contributed by atoms with Crippen LogP contribution in [0, 0.1) is 6.92 Å². The first kappa shape index (κ1) is 18.6. The average Bonchev–Trinajstić information content (AvgIpc) is 2.55. The van der Waals surface area contributed by atoms with Crippen molar-refractivity contribution < 1.29 is 22.1 Å². The Labute approximate surface area is 143 Å². The first-order chi connectivity index (χ1) is 11.5. The normalized spacial score (nSPS) is 12.9. The van der Waals surface area contributed by atoms with Crippen molar-refractivity contribution >= 4 is 10.1 Å². The Morgan fingerprint density at radius 2 is 1.62 bits per heavy atom. The molecule has 5 nitrogen and oxygen atoms in total. The fourth-order valence-corrected chi connectivity index (χ4v) is 3.36. The summed E-state index contributed by atoms with van der Waals surface area (Å²) in [7, 11) is -3.84. The third-order valence-electron chi connectivity index (χ3n) is 3.32. The average molecular weight is 350 g/mol. The molecule has 0 aliphatic carbocycles. The molecule has 0 aliphatic rings. The highest BCUT2D eigenvalue weighted by Gasteiger charge is 2.21. The van der Waals surface area contributed by atoms with E-state index in [1.54, 1.807) is 32.0 Å². The topological polar surface area (TPSA) is 61.8 Å². The predicted octanol–water partition coefficient (Wildman–Crippen LogP) is 3.28. The van der Waals surface area contributed by atoms with Gasteiger partial charge in [0, 0.05) is 0 Å². The molecule has 0 N–H and O–H groups in total. The van der Waals surface area contributed by atoms with Crippen LogP contribution in [-0.4, -0.2) is 27.9 Å². The van der Waals surface area contributed by atoms with Crippen molar-refractivity contribution in [3.05, 3.63) is 65.7 Å². The molecule has 0 bridgehead atoms. The summed E-state index contributed by atoms with van der Waals surface area (Å²) in [5.74, 6) is 0. The van der Waals surface area contributed by atoms with Crippen molar-refractivity contribution in [2.45, 2.75) is 31.6 Å². The molecule has 0 saturated heterocycles. The van der Waals surface area contributed by atoms with Gasteiger partial charge in [0.15, 0.2) is 6.29 Å². The fraction of sp³-hybridized carbons (Fsp3) is 0.333. The molecule has 0 radical (unpaired) electrons. The van der Waals surface area contributed by atoms with Gasteiger partial charge in [-0.2, -0.15) is 8.42 Å². The maximum atomic E-state index is 12.2. The second-order valence-corrected chi connectivity index (χ2v) is 6.83. The molecule has 2 aromatic carbocycles. The molecule has 0 saturated carbocycles. The smallest absolute Gasteiger partial charge is 0.299 e. The number of hydrogen-bond acceptors (Lipinski definition) is 5. The zero-order valence-electron chi connectivity index (χ0n) is 13.8. The van der Waals surface area contributed by atoms with Gasteiger partial charge in [0.25, 0.3) is 10.1 Å². The van der Waals surface area contributed by atoms with Gasteiger partial charge in [-0.1, -0.05) is 48.5 Å². The molecule has 1 atom stereocenters. The minimum atomic E-state index is -3.84. The van der Waals surface area contributed by atoms with Crippen LogP contribution in [0.5, 0.6) is 0 Å². The minimum Gasteiger partial charge on any atom is -0.374 e. The van der Waals surface area contributed by atoms with Gasteiger partial charge in [-0.25, -0.2) is 4.18 Å². The Balaban J connectivity index is 1.73. The molecule has 2 aromatic rings. The lowest BCUT2D eigenvalue weighted by Crippen LogP contribution is -2.21. The summed E-state index contributed by atoms with van der Waals surface area (Å²) in [5.41, 5.74) is 1.71. The van der Waals surface area contributed by atoms with E-state index >= 15 is 0 Å². The molecule has 0 aromatic heterocycles. The Morgan fingerprint density at radius 3 is 2.33 bits per heavy atom. The molecule has 2 rings (SSSR count). The number of aryl methyl sites for hydroxylation is 1. The predicted molar refractivity (Wildman–Crippen MR) is 91.0 cm³/mol. The lowest BCUT2D eigenvalue weighted by atomic mass is 10.2. The summed E-state index contributed by atoms with van der Waals surface area (Å²) in [6, 6.07) is 16.5. The third-order valence-corrected chi connectivity index (χ3v) is 4.84. The van der Waals surface area contributed by atoms with Crippen molar-refractivity contribution in [2.24, 2.45) is 0 Å². The summed E-state index contributed by atoms with van der Waals surface area (Å²) >= 11 is 0. The van der Waals surface area contributed by atoms with Crippen LogP contribution in [0.1, 0.15) is 18.1 Å². The van der Waals surface area contributed by atoms with Crippen LogP contribution < -0.4 is 0 Å². The maximum absolute atomic E-state index is 12.2. The molecule has 24 heavy (non-hydrogen) atoms. The molecule has 0 fully saturated rings. The Kier molecular flexibility index (Phi) is 6.93. The van der Waals surface area contributed by atoms with Crippen LogP contribution in [-0.2, 0) is 30.4 Å². The third kappa shape index (κ3) is 5.72. The van der Waals surface area contributed by atoms with E-state index in [2.05, 4.69) is 0 Å². The molecule has 0 spiro atoms. The molecule has 0 heterocycles. The van der Waals surface area contributed by atoms with Crippen LogP contribution in [0.2, 0.25) is 0 Å². The van der Waals surface area contributed by atoms with Crippen molar-refractivity contribution in [1.82, 2.24) is 0 Å². The van der Waals surface area contributed by atoms with Crippen LogP contribution in [0.3, 0.4) is 0 Å². The Bertz CT molecular complexity index is 728. The monoisotopic (exact) mass is 350 g/mol. The molecule has 0 amide bonds. The summed E-state index contributed by atoms with van der Waals surface area (Å²) in [5, 5.41) is 0. The molecule has 0 aliphatic heterocycles. The summed E-state index contributed by atoms with van der Waals surface area (Å²) in [4.78, 5) is 0.153. The number of rotatable bonds is 9. The largest absolute Gasteiger partial charge is 0.374 e. The first-order valence-corrected chi connectivity index (χ1v) is 9.12. The molecular formula is C18H22O5S. The Morgan fingerprint density at radius 1 is 0.958 bits per heavy atom. The molecule has 6 heteroatoms. The summed E-state index contributed by atoms with van der Waals surface area (Å²) in [6.07, 6.45) is -0.880. The van der Waals surface area contributed by atoms with Crippen molar-refractivity contribution in [1.29, 1.82) is 0 Å². The van der Waals surface area contributed by atoms with E-state index in [0.29, 0.717) is 18.8 Å². The SMILES string of the molecule is Cc1ccccc1S(=O)(=O)OC(C)OCCOCc1ccccc1. The maximum Gasteiger partial charge on any atom is 0.299 e. The second-order valence-electron chi connectivity index (χ2n) is 5.29. The minimum absolute atomic E-state index is 0.153. The van der Waals surface area contributed by atoms with Crippen LogP contribution in [0.4, 0.5) is 0 Å². The zero-order chi connectivity index (χ0) is 17.4. The summed E-state index contributed by atoms with van der Waals surface area (Å²) in [6.45, 7) is 4.36. The van der Waals surface area contributed by atoms with Crippen LogP contribution in [0.15, 0.2) is 59.5 Å². The zero-order valence-corrected chi connectivity index (χ0v) is 14.7. The fourth-order valence-electron chi connectivity index (χ4n) is 2.13. The van der Waals surface area contributed by atoms with Gasteiger partial charge in [-0.15, -0.1) is 0 Å². The van der Waals surface area contributed by atoms with Gasteiger partial charge >= 0.3 is 0 Å². The lowest BCUT2D eigenvalue weighted by molar-refractivity contribution is -0.0816. The summed E-state index contributed by atoms with van der Waals surface area (Å²) < 4.78 is 40.3. The van der Waals surface area contributed by atoms with E-state index in [1.807, 2.05) is 30.3 Å². The molecule has 1 unspecified atom stereocenters. The van der Waals surface area contributed by atoms with Gasteiger partial charge in [0.2, 0.25) is 0 Å². The van der Waals surface area contributed by atoms with Crippen molar-refractivity contribution in [3.63, 3.8) is 0 Å². The highest BCUT2D eigenvalue weighted by molar-refractivity contribution is 7.86. The highest BCUT2D eigenvalue weighted by atomic mass is 32.2. The second kappa shape index (κ2) is 8.94. The highest BCUT2D eigenvalue weighted by Crippen LogP contribution is 2.18. The van der Waals surface area contributed by atoms with Crippen molar-refractivity contribution in [2.75, 3.05) is 13.2 Å². The molecular weight excluding hydrogens is 328 g/mol. The first-order valence-electron chi connectivity index (χ1n) is 7.71. The van der Waals surface area contributed by atoms with Gasteiger partial charge in [-0.05, 0) is 31.0 Å². The van der Waals surface area contributed by atoms with E-state index in [1.165, 1.54) is 6.07 Å². The number of ether oxygens (including phenoxy) is 2. The van der Waals surface area contributed by atoms with E-state index < -0.39 is 16.4 Å². The quantitative estimate of drug-likeness (QED) is 0.394. The Hall–Kier alpha value is -1.73. The van der Waals surface area contributed by atoms with E-state index in [9.17, 15) is 8.42 Å². The van der Waals surface area contributed by atoms with Gasteiger partial charge in [-0.3, -0.25) is 0 Å². The molecule has 130 valence electrons. The van der Waals surface area contributed by atoms with Gasteiger partial charge in [0.05, 0.1) is 24.7 Å². The van der Waals surface area contributed by atoms with E-state index in [0.717, 1.165) is 5.56 Å². The number of benzene rings is 2. The van der Waals surface area contributed by atoms with Gasteiger partial charge < -0.3 is 9.47 Å². The van der Waals surface area contributed by atoms with E-state index in [4.69, 9.17) is 13.7 Å². The standard InChI is InChI=1S/C18H22O5S/c1-15-8-6-7-11-18(15)24(19,20)23-16(2)22-13-12-21-14-17-9-4-3-5-10-17/h3-11,16H,12-14H2,1-2H3. The van der Waals surface area contributed by atoms with Crippen molar-refractivity contribution in [3.8, 4) is 0 Å².